The van der Waals surface area contributed by atoms with Crippen molar-refractivity contribution >= 4 is 11.5 Å². The van der Waals surface area contributed by atoms with E-state index in [0.29, 0.717) is 24.5 Å². The van der Waals surface area contributed by atoms with Crippen molar-refractivity contribution in [3.63, 3.8) is 0 Å². The van der Waals surface area contributed by atoms with Crippen molar-refractivity contribution in [3.05, 3.63) is 72.3 Å². The van der Waals surface area contributed by atoms with Crippen molar-refractivity contribution in [1.29, 1.82) is 0 Å². The Morgan fingerprint density at radius 3 is 2.61 bits per heavy atom. The third-order valence-corrected chi connectivity index (χ3v) is 5.40. The molecular formula is C23H29N3O2. The highest BCUT2D eigenvalue weighted by molar-refractivity contribution is 5.93. The zero-order valence-corrected chi connectivity index (χ0v) is 16.8. The minimum Gasteiger partial charge on any atom is -0.483 e. The summed E-state index contributed by atoms with van der Waals surface area (Å²) in [6.45, 7) is 15.1. The van der Waals surface area contributed by atoms with Gasteiger partial charge < -0.3 is 15.0 Å². The fourth-order valence-corrected chi connectivity index (χ4v) is 3.81. The lowest BCUT2D eigenvalue weighted by molar-refractivity contribution is 0.0209. The summed E-state index contributed by atoms with van der Waals surface area (Å²) >= 11 is 0. The molecule has 0 aromatic carbocycles. The van der Waals surface area contributed by atoms with Crippen LogP contribution in [0.3, 0.4) is 0 Å². The Kier molecular flexibility index (Phi) is 6.15. The second-order valence-corrected chi connectivity index (χ2v) is 7.12. The number of nitrogens with one attached hydrogen (secondary N) is 1. The van der Waals surface area contributed by atoms with E-state index >= 15 is 0 Å². The Bertz CT molecular complexity index is 811. The molecule has 2 aliphatic rings. The number of allylic oxidation sites excluding steroid dienone is 3. The summed E-state index contributed by atoms with van der Waals surface area (Å²) in [7, 11) is 0. The molecule has 0 unspecified atom stereocenters. The lowest BCUT2D eigenvalue weighted by atomic mass is 9.83. The van der Waals surface area contributed by atoms with Crippen LogP contribution in [0.4, 0.5) is 0 Å². The van der Waals surface area contributed by atoms with Gasteiger partial charge in [-0.2, -0.15) is 0 Å². The normalized spacial score (nSPS) is 19.9. The van der Waals surface area contributed by atoms with Crippen LogP contribution in [0.5, 0.6) is 0 Å². The topological polar surface area (TPSA) is 54.5 Å². The molecule has 148 valence electrons. The maximum absolute atomic E-state index is 12.5. The van der Waals surface area contributed by atoms with Crippen LogP contribution in [0, 0.1) is 0 Å². The highest BCUT2D eigenvalue weighted by atomic mass is 16.5. The van der Waals surface area contributed by atoms with Crippen LogP contribution < -0.4 is 5.32 Å². The first-order valence-corrected chi connectivity index (χ1v) is 9.94. The third kappa shape index (κ3) is 3.94. The monoisotopic (exact) mass is 379 g/mol. The van der Waals surface area contributed by atoms with E-state index in [0.717, 1.165) is 42.6 Å². The second-order valence-electron chi connectivity index (χ2n) is 7.12. The third-order valence-electron chi connectivity index (χ3n) is 5.40. The second kappa shape index (κ2) is 8.57. The molecule has 3 heterocycles. The molecule has 1 N–H and O–H groups in total. The van der Waals surface area contributed by atoms with E-state index in [1.54, 1.807) is 23.2 Å². The smallest absolute Gasteiger partial charge is 0.272 e. The van der Waals surface area contributed by atoms with Gasteiger partial charge in [-0.15, -0.1) is 0 Å². The molecule has 0 radical (unpaired) electrons. The van der Waals surface area contributed by atoms with Crippen LogP contribution >= 0.6 is 0 Å². The SMILES string of the molecule is C=C/C=C1\C(=C)OC2(C=C1c1ccc(C(=O)N(CC)CC)nc1)CCNCC2. The number of carbonyl (C=O) groups excluding carboxylic acids is 1. The van der Waals surface area contributed by atoms with Gasteiger partial charge in [0, 0.05) is 43.3 Å². The Balaban J connectivity index is 1.98. The van der Waals surface area contributed by atoms with Crippen molar-refractivity contribution in [2.24, 2.45) is 0 Å². The minimum atomic E-state index is -0.341. The van der Waals surface area contributed by atoms with E-state index in [9.17, 15) is 4.79 Å². The number of hydrogen-bond acceptors (Lipinski definition) is 4. The molecule has 3 rings (SSSR count). The number of aromatic nitrogens is 1. The van der Waals surface area contributed by atoms with Crippen molar-refractivity contribution in [1.82, 2.24) is 15.2 Å². The Hall–Kier alpha value is -2.66. The van der Waals surface area contributed by atoms with E-state index in [1.807, 2.05) is 26.0 Å². The first kappa shape index (κ1) is 20.1. The number of pyridine rings is 1. The predicted molar refractivity (Wildman–Crippen MR) is 113 cm³/mol. The number of carbonyl (C=O) groups is 1. The van der Waals surface area contributed by atoms with Gasteiger partial charge in [0.25, 0.3) is 5.91 Å². The van der Waals surface area contributed by atoms with Gasteiger partial charge in [-0.05, 0) is 44.7 Å². The Morgan fingerprint density at radius 1 is 1.32 bits per heavy atom. The zero-order chi connectivity index (χ0) is 20.1. The fourth-order valence-electron chi connectivity index (χ4n) is 3.81. The van der Waals surface area contributed by atoms with E-state index in [4.69, 9.17) is 4.74 Å². The lowest BCUT2D eigenvalue weighted by Crippen LogP contribution is -2.44. The molecule has 1 amide bonds. The largest absolute Gasteiger partial charge is 0.483 e. The van der Waals surface area contributed by atoms with Gasteiger partial charge in [-0.25, -0.2) is 0 Å². The van der Waals surface area contributed by atoms with Crippen molar-refractivity contribution in [2.45, 2.75) is 32.3 Å². The molecular weight excluding hydrogens is 350 g/mol. The first-order chi connectivity index (χ1) is 13.5. The molecule has 0 aliphatic carbocycles. The van der Waals surface area contributed by atoms with Crippen LogP contribution in [0.25, 0.3) is 5.57 Å². The number of hydrogen-bond donors (Lipinski definition) is 1. The molecule has 2 aliphatic heterocycles. The predicted octanol–water partition coefficient (Wildman–Crippen LogP) is 3.73. The summed E-state index contributed by atoms with van der Waals surface area (Å²) < 4.78 is 6.25. The number of piperidine rings is 1. The molecule has 28 heavy (non-hydrogen) atoms. The van der Waals surface area contributed by atoms with Gasteiger partial charge in [0.15, 0.2) is 0 Å². The van der Waals surface area contributed by atoms with Gasteiger partial charge in [-0.3, -0.25) is 9.78 Å². The first-order valence-electron chi connectivity index (χ1n) is 9.94. The Morgan fingerprint density at radius 2 is 2.04 bits per heavy atom. The van der Waals surface area contributed by atoms with Gasteiger partial charge in [-0.1, -0.05) is 31.4 Å². The van der Waals surface area contributed by atoms with E-state index in [1.165, 1.54) is 0 Å². The summed E-state index contributed by atoms with van der Waals surface area (Å²) in [5.41, 5.74) is 3.01. The van der Waals surface area contributed by atoms with Crippen molar-refractivity contribution < 1.29 is 9.53 Å². The van der Waals surface area contributed by atoms with Gasteiger partial charge in [0.2, 0.25) is 0 Å². The molecule has 1 aromatic rings. The van der Waals surface area contributed by atoms with Crippen LogP contribution in [-0.2, 0) is 4.74 Å². The summed E-state index contributed by atoms with van der Waals surface area (Å²) in [4.78, 5) is 18.8. The van der Waals surface area contributed by atoms with E-state index < -0.39 is 0 Å². The molecule has 1 aromatic heterocycles. The number of amides is 1. The minimum absolute atomic E-state index is 0.0430. The summed E-state index contributed by atoms with van der Waals surface area (Å²) in [5.74, 6) is 0.612. The highest BCUT2D eigenvalue weighted by Crippen LogP contribution is 2.42. The molecule has 1 saturated heterocycles. The van der Waals surface area contributed by atoms with Crippen molar-refractivity contribution in [2.75, 3.05) is 26.2 Å². The summed E-state index contributed by atoms with van der Waals surface area (Å²) in [6, 6.07) is 3.76. The maximum Gasteiger partial charge on any atom is 0.272 e. The zero-order valence-electron chi connectivity index (χ0n) is 16.8. The molecule has 1 fully saturated rings. The number of ether oxygens (including phenoxy) is 1. The quantitative estimate of drug-likeness (QED) is 0.847. The standard InChI is InChI=1S/C23H29N3O2/c1-5-8-19-17(4)28-23(11-13-24-14-12-23)15-20(19)18-9-10-21(25-16-18)22(27)26(6-2)7-3/h5,8-10,15-16,24H,1,4,6-7,11-14H2,2-3H3/b19-8+. The van der Waals surface area contributed by atoms with Crippen LogP contribution in [0.2, 0.25) is 0 Å². The lowest BCUT2D eigenvalue weighted by Gasteiger charge is -2.41. The van der Waals surface area contributed by atoms with Gasteiger partial charge >= 0.3 is 0 Å². The summed E-state index contributed by atoms with van der Waals surface area (Å²) in [5, 5.41) is 3.38. The average Bonchev–Trinajstić information content (AvgIpc) is 2.71. The number of nitrogens with zero attached hydrogens (tertiary/aromatic N) is 2. The Labute approximate surface area is 167 Å². The molecule has 5 nitrogen and oxygen atoms in total. The van der Waals surface area contributed by atoms with Crippen LogP contribution in [0.15, 0.2) is 61.0 Å². The molecule has 5 heteroatoms. The fraction of sp³-hybridized carbons (Fsp3) is 0.391. The summed E-state index contributed by atoms with van der Waals surface area (Å²) in [6.07, 6.45) is 9.40. The van der Waals surface area contributed by atoms with Crippen LogP contribution in [0.1, 0.15) is 42.7 Å². The van der Waals surface area contributed by atoms with E-state index in [2.05, 4.69) is 29.5 Å². The maximum atomic E-state index is 12.5. The van der Waals surface area contributed by atoms with Crippen LogP contribution in [-0.4, -0.2) is 47.6 Å². The number of rotatable bonds is 5. The van der Waals surface area contributed by atoms with E-state index in [-0.39, 0.29) is 11.5 Å². The molecule has 0 atom stereocenters. The van der Waals surface area contributed by atoms with Gasteiger partial charge in [0.05, 0.1) is 0 Å². The van der Waals surface area contributed by atoms with Crippen molar-refractivity contribution in [3.8, 4) is 0 Å². The molecule has 0 saturated carbocycles. The average molecular weight is 380 g/mol. The van der Waals surface area contributed by atoms with Gasteiger partial charge in [0.1, 0.15) is 17.1 Å². The highest BCUT2D eigenvalue weighted by Gasteiger charge is 2.37. The molecule has 0 bridgehead atoms. The molecule has 1 spiro atoms.